The van der Waals surface area contributed by atoms with E-state index in [0.29, 0.717) is 0 Å². The molecule has 22 heavy (non-hydrogen) atoms. The van der Waals surface area contributed by atoms with Crippen molar-refractivity contribution in [2.45, 2.75) is 18.4 Å². The molecule has 0 aliphatic heterocycles. The largest absolute Gasteiger partial charge is 1.00 e. The van der Waals surface area contributed by atoms with Crippen molar-refractivity contribution in [3.05, 3.63) is 0 Å². The van der Waals surface area contributed by atoms with E-state index in [0.717, 1.165) is 0 Å². The number of carboxylic acids is 3. The molecule has 0 aromatic carbocycles. The Kier molecular flexibility index (Phi) is 52.7. The van der Waals surface area contributed by atoms with Crippen molar-refractivity contribution >= 4 is 24.1 Å². The number of carbonyl (C=O) groups is 4. The van der Waals surface area contributed by atoms with Gasteiger partial charge in [-0.2, -0.15) is 0 Å². The van der Waals surface area contributed by atoms with E-state index in [1.54, 1.807) is 0 Å². The normalized spacial score (nSPS) is 7.50. The number of hydrogen-bond donors (Lipinski definition) is 1. The summed E-state index contributed by atoms with van der Waals surface area (Å²) in [5.74, 6) is -5.98. The van der Waals surface area contributed by atoms with Crippen LogP contribution in [0.4, 0.5) is 4.79 Å². The number of aliphatic hydroxyl groups is 1. The standard InChI is InChI=1S/C6H8O7.CH2O3.3K.2Na/c7-3(8)1-6(13,5(11)12)2-4(9)10;2-1(3)4;;;;;/h13H,1-2H2,(H,7,8)(H,9,10)(H,11,12);(H2,2,3,4);;;;;/q;;5*+1/p-5. The molecule has 15 heteroatoms. The first-order valence-corrected chi connectivity index (χ1v) is 3.72. The maximum atomic E-state index is 10.1. The molecule has 10 nitrogen and oxygen atoms in total. The molecule has 0 saturated heterocycles. The summed E-state index contributed by atoms with van der Waals surface area (Å²) in [6, 6.07) is 0. The fourth-order valence-corrected chi connectivity index (χ4v) is 0.684. The Labute approximate surface area is 297 Å². The average Bonchev–Trinajstić information content (AvgIpc) is 1.98. The summed E-state index contributed by atoms with van der Waals surface area (Å²) < 4.78 is 0. The minimum atomic E-state index is -2.97. The predicted octanol–water partition coefficient (Wildman–Crippen LogP) is -22.7. The van der Waals surface area contributed by atoms with E-state index < -0.39 is 42.5 Å². The van der Waals surface area contributed by atoms with E-state index >= 15 is 0 Å². The van der Waals surface area contributed by atoms with Crippen LogP contribution in [0.15, 0.2) is 0 Å². The Hall–Kier alpha value is 4.55. The third kappa shape index (κ3) is 32.2. The molecule has 0 atom stereocenters. The van der Waals surface area contributed by atoms with Gasteiger partial charge in [-0.1, -0.05) is 0 Å². The summed E-state index contributed by atoms with van der Waals surface area (Å²) in [4.78, 5) is 38.3. The fourth-order valence-electron chi connectivity index (χ4n) is 0.684. The smallest absolute Gasteiger partial charge is 0.652 e. The summed E-state index contributed by atoms with van der Waals surface area (Å²) >= 11 is 0. The van der Waals surface area contributed by atoms with Crippen LogP contribution >= 0.6 is 0 Å². The molecule has 0 unspecified atom stereocenters. The van der Waals surface area contributed by atoms with E-state index in [4.69, 9.17) is 20.1 Å². The van der Waals surface area contributed by atoms with Crippen LogP contribution in [-0.2, 0) is 14.4 Å². The van der Waals surface area contributed by atoms with Crippen molar-refractivity contribution in [1.82, 2.24) is 0 Å². The third-order valence-corrected chi connectivity index (χ3v) is 1.25. The zero-order chi connectivity index (χ0) is 14.2. The molecule has 0 fully saturated rings. The molecule has 0 aromatic rings. The molecule has 0 rings (SSSR count). The van der Waals surface area contributed by atoms with E-state index in [9.17, 15) is 29.7 Å². The first-order valence-electron chi connectivity index (χ1n) is 3.72. The van der Waals surface area contributed by atoms with E-state index in [1.165, 1.54) is 0 Å². The van der Waals surface area contributed by atoms with Crippen molar-refractivity contribution in [2.24, 2.45) is 0 Å². The van der Waals surface area contributed by atoms with Gasteiger partial charge in [0.05, 0.1) is 5.97 Å². The minimum absolute atomic E-state index is 0. The quantitative estimate of drug-likeness (QED) is 0.422. The van der Waals surface area contributed by atoms with Gasteiger partial charge >= 0.3 is 213 Å². The van der Waals surface area contributed by atoms with Crippen molar-refractivity contribution in [1.29, 1.82) is 0 Å². The van der Waals surface area contributed by atoms with Gasteiger partial charge in [-0.3, -0.25) is 0 Å². The number of aliphatic carboxylic acids is 3. The van der Waals surface area contributed by atoms with Gasteiger partial charge in [0.25, 0.3) is 0 Å². The van der Waals surface area contributed by atoms with Crippen molar-refractivity contribution in [2.75, 3.05) is 0 Å². The van der Waals surface area contributed by atoms with E-state index in [-0.39, 0.29) is 213 Å². The molecule has 1 N–H and O–H groups in total. The first-order chi connectivity index (χ1) is 7.51. The Morgan fingerprint density at radius 1 is 0.727 bits per heavy atom. The first kappa shape index (κ1) is 45.3. The van der Waals surface area contributed by atoms with Crippen LogP contribution < -0.4 is 239 Å². The zero-order valence-corrected chi connectivity index (χ0v) is 26.4. The summed E-state index contributed by atoms with van der Waals surface area (Å²) in [7, 11) is 0. The molecule has 0 spiro atoms. The van der Waals surface area contributed by atoms with Gasteiger partial charge in [-0.05, 0) is 6.16 Å². The zero-order valence-electron chi connectivity index (χ0n) is 13.0. The molecule has 0 aliphatic carbocycles. The van der Waals surface area contributed by atoms with Crippen LogP contribution in [0.25, 0.3) is 0 Å². The molecule has 0 bridgehead atoms. The number of hydrogen-bond acceptors (Lipinski definition) is 10. The second-order valence-electron chi connectivity index (χ2n) is 2.67. The van der Waals surface area contributed by atoms with Crippen molar-refractivity contribution < 1.29 is 263 Å². The van der Waals surface area contributed by atoms with Crippen LogP contribution in [0.3, 0.4) is 0 Å². The number of carbonyl (C=O) groups excluding carboxylic acids is 4. The van der Waals surface area contributed by atoms with Crippen LogP contribution in [0.5, 0.6) is 0 Å². The summed E-state index contributed by atoms with van der Waals surface area (Å²) in [6.07, 6.45) is -5.05. The summed E-state index contributed by atoms with van der Waals surface area (Å²) in [5.41, 5.74) is -2.97. The second kappa shape index (κ2) is 25.5. The third-order valence-electron chi connectivity index (χ3n) is 1.25. The second-order valence-corrected chi connectivity index (χ2v) is 2.67. The van der Waals surface area contributed by atoms with Gasteiger partial charge in [0, 0.05) is 24.8 Å². The molecule has 0 aliphatic rings. The summed E-state index contributed by atoms with van der Waals surface area (Å²) in [5, 5.41) is 55.6. The van der Waals surface area contributed by atoms with E-state index in [1.807, 2.05) is 0 Å². The molecule has 98 valence electrons. The van der Waals surface area contributed by atoms with Crippen LogP contribution in [0, 0.1) is 0 Å². The van der Waals surface area contributed by atoms with Crippen LogP contribution in [0.1, 0.15) is 12.8 Å². The Bertz CT molecular complexity index is 320. The van der Waals surface area contributed by atoms with Crippen molar-refractivity contribution in [3.8, 4) is 0 Å². The molecular weight excluding hydrogens is 407 g/mol. The van der Waals surface area contributed by atoms with Gasteiger partial charge < -0.3 is 49.8 Å². The fraction of sp³-hybridized carbons (Fsp3) is 0.429. The molecule has 0 amide bonds. The Morgan fingerprint density at radius 2 is 0.909 bits per heavy atom. The topological polar surface area (TPSA) is 204 Å². The van der Waals surface area contributed by atoms with E-state index in [2.05, 4.69) is 0 Å². The monoisotopic (exact) mass is 412 g/mol. The van der Waals surface area contributed by atoms with Gasteiger partial charge in [0.1, 0.15) is 5.60 Å². The Morgan fingerprint density at radius 3 is 1.00 bits per heavy atom. The predicted molar refractivity (Wildman–Crippen MR) is 34.6 cm³/mol. The van der Waals surface area contributed by atoms with Crippen LogP contribution in [-0.4, -0.2) is 34.8 Å². The van der Waals surface area contributed by atoms with Gasteiger partial charge in [-0.15, -0.1) is 0 Å². The maximum Gasteiger partial charge on any atom is 1.00 e. The Balaban J connectivity index is -0.0000000450. The molecular formula is C7H5K3Na2O10. The van der Waals surface area contributed by atoms with Crippen molar-refractivity contribution in [3.63, 3.8) is 0 Å². The van der Waals surface area contributed by atoms with Gasteiger partial charge in [0.15, 0.2) is 0 Å². The number of carboxylic acid groups (broad SMARTS) is 5. The minimum Gasteiger partial charge on any atom is -0.652 e. The average molecular weight is 412 g/mol. The van der Waals surface area contributed by atoms with Crippen LogP contribution in [0.2, 0.25) is 0 Å². The molecule has 0 aromatic heterocycles. The van der Waals surface area contributed by atoms with Gasteiger partial charge in [0.2, 0.25) is 0 Å². The SMILES string of the molecule is O=C([O-])CC(O)(CC(=O)[O-])C(=O)[O-].O=C([O-])[O-].[K+].[K+].[K+].[Na+].[Na+]. The number of rotatable bonds is 5. The molecule has 0 heterocycles. The molecule has 0 saturated carbocycles. The maximum absolute atomic E-state index is 10.1. The summed E-state index contributed by atoms with van der Waals surface area (Å²) in [6.45, 7) is 0. The van der Waals surface area contributed by atoms with Gasteiger partial charge in [-0.25, -0.2) is 0 Å². The molecule has 0 radical (unpaired) electrons.